The third-order valence-electron chi connectivity index (χ3n) is 3.68. The van der Waals surface area contributed by atoms with E-state index >= 15 is 0 Å². The Bertz CT molecular complexity index is 631. The van der Waals surface area contributed by atoms with Gasteiger partial charge in [0.25, 0.3) is 0 Å². The molecule has 0 bridgehead atoms. The molecule has 19 heavy (non-hydrogen) atoms. The first kappa shape index (κ1) is 11.8. The summed E-state index contributed by atoms with van der Waals surface area (Å²) in [4.78, 5) is 17.5. The SMILES string of the molecule is CC1C(C(=O)O)CCN1c1nnc2ccccc2n1. The molecule has 1 aromatic carbocycles. The molecule has 1 saturated heterocycles. The Labute approximate surface area is 110 Å². The van der Waals surface area contributed by atoms with Crippen molar-refractivity contribution in [3.63, 3.8) is 0 Å². The van der Waals surface area contributed by atoms with Gasteiger partial charge in [0, 0.05) is 12.6 Å². The molecule has 0 spiro atoms. The van der Waals surface area contributed by atoms with Crippen molar-refractivity contribution in [1.29, 1.82) is 0 Å². The number of para-hydroxylation sites is 1. The third kappa shape index (κ3) is 1.99. The summed E-state index contributed by atoms with van der Waals surface area (Å²) in [7, 11) is 0. The molecule has 1 aliphatic rings. The predicted octanol–water partition coefficient (Wildman–Crippen LogP) is 1.32. The fraction of sp³-hybridized carbons (Fsp3) is 0.385. The number of benzene rings is 1. The number of fused-ring (bicyclic) bond motifs is 1. The van der Waals surface area contributed by atoms with Crippen LogP contribution in [0.4, 0.5) is 5.95 Å². The van der Waals surface area contributed by atoms with Crippen LogP contribution >= 0.6 is 0 Å². The Morgan fingerprint density at radius 2 is 2.05 bits per heavy atom. The van der Waals surface area contributed by atoms with Crippen LogP contribution in [0.15, 0.2) is 24.3 Å². The van der Waals surface area contributed by atoms with Crippen LogP contribution in [0, 0.1) is 5.92 Å². The molecule has 0 aliphatic carbocycles. The zero-order valence-electron chi connectivity index (χ0n) is 10.5. The van der Waals surface area contributed by atoms with Crippen molar-refractivity contribution < 1.29 is 9.90 Å². The van der Waals surface area contributed by atoms with Crippen LogP contribution in [-0.4, -0.2) is 38.8 Å². The summed E-state index contributed by atoms with van der Waals surface area (Å²) < 4.78 is 0. The molecule has 0 saturated carbocycles. The molecule has 2 unspecified atom stereocenters. The van der Waals surface area contributed by atoms with E-state index in [0.717, 1.165) is 11.0 Å². The minimum Gasteiger partial charge on any atom is -0.481 e. The molecule has 1 aliphatic heterocycles. The highest BCUT2D eigenvalue weighted by Gasteiger charge is 2.37. The number of carboxylic acid groups (broad SMARTS) is 1. The third-order valence-corrected chi connectivity index (χ3v) is 3.68. The van der Waals surface area contributed by atoms with Gasteiger partial charge in [0.1, 0.15) is 5.52 Å². The maximum atomic E-state index is 11.1. The first-order valence-corrected chi connectivity index (χ1v) is 6.26. The van der Waals surface area contributed by atoms with Crippen LogP contribution in [0.2, 0.25) is 0 Å². The number of nitrogens with zero attached hydrogens (tertiary/aromatic N) is 4. The highest BCUT2D eigenvalue weighted by Crippen LogP contribution is 2.27. The van der Waals surface area contributed by atoms with Gasteiger partial charge >= 0.3 is 5.97 Å². The van der Waals surface area contributed by atoms with E-state index in [2.05, 4.69) is 15.2 Å². The lowest BCUT2D eigenvalue weighted by Crippen LogP contribution is -2.34. The predicted molar refractivity (Wildman–Crippen MR) is 69.9 cm³/mol. The molecule has 2 heterocycles. The van der Waals surface area contributed by atoms with E-state index in [4.69, 9.17) is 5.11 Å². The summed E-state index contributed by atoms with van der Waals surface area (Å²) in [6.07, 6.45) is 0.618. The number of carbonyl (C=O) groups is 1. The van der Waals surface area contributed by atoms with E-state index in [1.807, 2.05) is 36.1 Å². The van der Waals surface area contributed by atoms with Gasteiger partial charge in [0.15, 0.2) is 0 Å². The molecule has 98 valence electrons. The van der Waals surface area contributed by atoms with Crippen molar-refractivity contribution in [2.45, 2.75) is 19.4 Å². The van der Waals surface area contributed by atoms with Crippen LogP contribution in [0.25, 0.3) is 11.0 Å². The monoisotopic (exact) mass is 258 g/mol. The minimum absolute atomic E-state index is 0.111. The largest absolute Gasteiger partial charge is 0.481 e. The van der Waals surface area contributed by atoms with Gasteiger partial charge < -0.3 is 10.0 Å². The Morgan fingerprint density at radius 3 is 2.74 bits per heavy atom. The number of anilines is 1. The van der Waals surface area contributed by atoms with E-state index in [0.29, 0.717) is 18.9 Å². The van der Waals surface area contributed by atoms with E-state index in [9.17, 15) is 4.79 Å². The Hall–Kier alpha value is -2.24. The second kappa shape index (κ2) is 4.46. The van der Waals surface area contributed by atoms with Crippen LogP contribution in [0.5, 0.6) is 0 Å². The number of carboxylic acids is 1. The van der Waals surface area contributed by atoms with Crippen LogP contribution < -0.4 is 4.90 Å². The van der Waals surface area contributed by atoms with Gasteiger partial charge in [0.05, 0.1) is 11.4 Å². The van der Waals surface area contributed by atoms with Crippen molar-refractivity contribution in [2.24, 2.45) is 5.92 Å². The molecule has 2 atom stereocenters. The molecule has 6 heteroatoms. The smallest absolute Gasteiger partial charge is 0.308 e. The van der Waals surface area contributed by atoms with Crippen molar-refractivity contribution in [3.05, 3.63) is 24.3 Å². The minimum atomic E-state index is -0.760. The zero-order chi connectivity index (χ0) is 13.4. The number of rotatable bonds is 2. The maximum Gasteiger partial charge on any atom is 0.308 e. The molecule has 3 rings (SSSR count). The first-order valence-electron chi connectivity index (χ1n) is 6.26. The summed E-state index contributed by atoms with van der Waals surface area (Å²) >= 11 is 0. The molecule has 0 radical (unpaired) electrons. The van der Waals surface area contributed by atoms with Gasteiger partial charge in [-0.05, 0) is 25.5 Å². The van der Waals surface area contributed by atoms with E-state index < -0.39 is 5.97 Å². The number of hydrogen-bond acceptors (Lipinski definition) is 5. The fourth-order valence-corrected chi connectivity index (χ4v) is 2.55. The Morgan fingerprint density at radius 1 is 1.32 bits per heavy atom. The fourth-order valence-electron chi connectivity index (χ4n) is 2.55. The second-order valence-electron chi connectivity index (χ2n) is 4.77. The van der Waals surface area contributed by atoms with E-state index in [1.165, 1.54) is 0 Å². The van der Waals surface area contributed by atoms with E-state index in [1.54, 1.807) is 0 Å². The topological polar surface area (TPSA) is 79.2 Å². The van der Waals surface area contributed by atoms with Crippen LogP contribution in [0.1, 0.15) is 13.3 Å². The van der Waals surface area contributed by atoms with Crippen molar-refractivity contribution in [1.82, 2.24) is 15.2 Å². The quantitative estimate of drug-likeness (QED) is 0.875. The summed E-state index contributed by atoms with van der Waals surface area (Å²) in [5.74, 6) is -0.617. The molecule has 1 fully saturated rings. The molecular formula is C13H14N4O2. The molecule has 1 N–H and O–H groups in total. The number of aromatic nitrogens is 3. The van der Waals surface area contributed by atoms with Gasteiger partial charge in [-0.15, -0.1) is 10.2 Å². The standard InChI is InChI=1S/C13H14N4O2/c1-8-9(12(18)19)6-7-17(8)13-14-10-4-2-3-5-11(10)15-16-13/h2-5,8-9H,6-7H2,1H3,(H,18,19). The lowest BCUT2D eigenvalue weighted by molar-refractivity contribution is -0.141. The van der Waals surface area contributed by atoms with Gasteiger partial charge in [-0.1, -0.05) is 12.1 Å². The number of aliphatic carboxylic acids is 1. The summed E-state index contributed by atoms with van der Waals surface area (Å²) in [6, 6.07) is 7.40. The number of hydrogen-bond donors (Lipinski definition) is 1. The first-order chi connectivity index (χ1) is 9.16. The average Bonchev–Trinajstić information content (AvgIpc) is 2.80. The van der Waals surface area contributed by atoms with E-state index in [-0.39, 0.29) is 12.0 Å². The van der Waals surface area contributed by atoms with Crippen LogP contribution in [0.3, 0.4) is 0 Å². The molecular weight excluding hydrogens is 244 g/mol. The highest BCUT2D eigenvalue weighted by atomic mass is 16.4. The molecule has 1 aromatic heterocycles. The lowest BCUT2D eigenvalue weighted by Gasteiger charge is -2.22. The van der Waals surface area contributed by atoms with Gasteiger partial charge in [-0.25, -0.2) is 4.98 Å². The van der Waals surface area contributed by atoms with Gasteiger partial charge in [-0.2, -0.15) is 0 Å². The van der Waals surface area contributed by atoms with Gasteiger partial charge in [-0.3, -0.25) is 4.79 Å². The highest BCUT2D eigenvalue weighted by molar-refractivity contribution is 5.75. The van der Waals surface area contributed by atoms with Gasteiger partial charge in [0.2, 0.25) is 5.95 Å². The maximum absolute atomic E-state index is 11.1. The zero-order valence-corrected chi connectivity index (χ0v) is 10.5. The van der Waals surface area contributed by atoms with Crippen LogP contribution in [-0.2, 0) is 4.79 Å². The Kier molecular flexibility index (Phi) is 2.77. The summed E-state index contributed by atoms with van der Waals surface area (Å²) in [5, 5.41) is 17.4. The summed E-state index contributed by atoms with van der Waals surface area (Å²) in [5.41, 5.74) is 1.52. The van der Waals surface area contributed by atoms with Crippen molar-refractivity contribution in [3.8, 4) is 0 Å². The molecule has 0 amide bonds. The molecule has 2 aromatic rings. The molecule has 6 nitrogen and oxygen atoms in total. The Balaban J connectivity index is 1.94. The average molecular weight is 258 g/mol. The normalized spacial score (nSPS) is 22.9. The summed E-state index contributed by atoms with van der Waals surface area (Å²) in [6.45, 7) is 2.54. The lowest BCUT2D eigenvalue weighted by atomic mass is 10.0. The second-order valence-corrected chi connectivity index (χ2v) is 4.77. The van der Waals surface area contributed by atoms with Crippen molar-refractivity contribution >= 4 is 23.0 Å². The van der Waals surface area contributed by atoms with Crippen molar-refractivity contribution in [2.75, 3.05) is 11.4 Å².